The van der Waals surface area contributed by atoms with Gasteiger partial charge in [-0.2, -0.15) is 0 Å². The Morgan fingerprint density at radius 1 is 1.31 bits per heavy atom. The topological polar surface area (TPSA) is 75.4 Å². The Bertz CT molecular complexity index is 844. The number of hydrogen-bond acceptors (Lipinski definition) is 6. The van der Waals surface area contributed by atoms with Gasteiger partial charge in [-0.3, -0.25) is 9.89 Å². The Balaban J connectivity index is 1.34. The molecule has 0 radical (unpaired) electrons. The summed E-state index contributed by atoms with van der Waals surface area (Å²) in [6.45, 7) is 7.30. The van der Waals surface area contributed by atoms with E-state index in [1.54, 1.807) is 13.4 Å². The first-order valence-corrected chi connectivity index (χ1v) is 10.1. The van der Waals surface area contributed by atoms with Crippen LogP contribution in [-0.2, 0) is 19.5 Å². The van der Waals surface area contributed by atoms with Crippen LogP contribution >= 0.6 is 0 Å². The summed E-state index contributed by atoms with van der Waals surface area (Å²) in [6.07, 6.45) is 2.77. The number of aromatic nitrogens is 1. The Morgan fingerprint density at radius 3 is 2.83 bits per heavy atom. The van der Waals surface area contributed by atoms with Gasteiger partial charge in [0.25, 0.3) is 0 Å². The second kappa shape index (κ2) is 8.73. The molecule has 29 heavy (non-hydrogen) atoms. The van der Waals surface area contributed by atoms with Gasteiger partial charge in [0.1, 0.15) is 23.9 Å². The van der Waals surface area contributed by atoms with Gasteiger partial charge < -0.3 is 24.2 Å². The van der Waals surface area contributed by atoms with E-state index in [2.05, 4.69) is 44.3 Å². The van der Waals surface area contributed by atoms with E-state index in [0.717, 1.165) is 67.9 Å². The molecule has 1 fully saturated rings. The smallest absolute Gasteiger partial charge is 0.194 e. The molecule has 1 atom stereocenters. The van der Waals surface area contributed by atoms with Crippen LogP contribution in [0.4, 0.5) is 0 Å². The number of nitrogens with one attached hydrogen (secondary N) is 1. The molecule has 1 N–H and O–H groups in total. The second-order valence-corrected chi connectivity index (χ2v) is 7.56. The molecule has 0 aliphatic carbocycles. The fourth-order valence-corrected chi connectivity index (χ4v) is 3.98. The molecule has 8 nitrogen and oxygen atoms in total. The SMILES string of the molecule is CN=C(NCc1cc2c(cc1OC)CC(C)O2)N1CCN(Cc2ccon2)CC1. The Labute approximate surface area is 171 Å². The van der Waals surface area contributed by atoms with Crippen LogP contribution in [0.5, 0.6) is 11.5 Å². The van der Waals surface area contributed by atoms with E-state index in [9.17, 15) is 0 Å². The van der Waals surface area contributed by atoms with Crippen LogP contribution in [0.3, 0.4) is 0 Å². The van der Waals surface area contributed by atoms with Crippen LogP contribution in [0.15, 0.2) is 34.0 Å². The van der Waals surface area contributed by atoms with Crippen LogP contribution in [0, 0.1) is 0 Å². The lowest BCUT2D eigenvalue weighted by Crippen LogP contribution is -2.52. The molecule has 1 saturated heterocycles. The van der Waals surface area contributed by atoms with E-state index in [1.165, 1.54) is 5.56 Å². The lowest BCUT2D eigenvalue weighted by atomic mass is 10.1. The predicted molar refractivity (Wildman–Crippen MR) is 110 cm³/mol. The van der Waals surface area contributed by atoms with E-state index in [0.29, 0.717) is 6.54 Å². The van der Waals surface area contributed by atoms with Crippen molar-refractivity contribution < 1.29 is 14.0 Å². The Kier molecular flexibility index (Phi) is 5.89. The number of aliphatic imine (C=N–C) groups is 1. The monoisotopic (exact) mass is 399 g/mol. The van der Waals surface area contributed by atoms with Gasteiger partial charge >= 0.3 is 0 Å². The van der Waals surface area contributed by atoms with Crippen molar-refractivity contribution in [1.29, 1.82) is 0 Å². The number of hydrogen-bond donors (Lipinski definition) is 1. The maximum Gasteiger partial charge on any atom is 0.194 e. The summed E-state index contributed by atoms with van der Waals surface area (Å²) in [6, 6.07) is 6.11. The highest BCUT2D eigenvalue weighted by molar-refractivity contribution is 5.80. The normalized spacial score (nSPS) is 19.8. The molecular formula is C21H29N5O3. The van der Waals surface area contributed by atoms with Crippen LogP contribution < -0.4 is 14.8 Å². The summed E-state index contributed by atoms with van der Waals surface area (Å²) in [4.78, 5) is 9.15. The van der Waals surface area contributed by atoms with Gasteiger partial charge in [-0.1, -0.05) is 5.16 Å². The zero-order valence-corrected chi connectivity index (χ0v) is 17.4. The maximum atomic E-state index is 5.91. The van der Waals surface area contributed by atoms with Crippen molar-refractivity contribution in [2.75, 3.05) is 40.3 Å². The molecule has 0 amide bonds. The number of guanidine groups is 1. The number of piperazine rings is 1. The van der Waals surface area contributed by atoms with Gasteiger partial charge in [-0.05, 0) is 19.1 Å². The van der Waals surface area contributed by atoms with E-state index in [-0.39, 0.29) is 6.10 Å². The largest absolute Gasteiger partial charge is 0.496 e. The number of methoxy groups -OCH3 is 1. The quantitative estimate of drug-likeness (QED) is 0.608. The molecule has 1 aromatic heterocycles. The zero-order chi connectivity index (χ0) is 20.2. The van der Waals surface area contributed by atoms with Crippen molar-refractivity contribution in [1.82, 2.24) is 20.3 Å². The number of fused-ring (bicyclic) bond motifs is 1. The average molecular weight is 399 g/mol. The molecule has 1 unspecified atom stereocenters. The fourth-order valence-electron chi connectivity index (χ4n) is 3.98. The molecule has 8 heteroatoms. The van der Waals surface area contributed by atoms with E-state index < -0.39 is 0 Å². The minimum atomic E-state index is 0.222. The lowest BCUT2D eigenvalue weighted by Gasteiger charge is -2.36. The number of rotatable bonds is 5. The summed E-state index contributed by atoms with van der Waals surface area (Å²) < 4.78 is 16.4. The first kappa shape index (κ1) is 19.6. The molecule has 2 aliphatic heterocycles. The van der Waals surface area contributed by atoms with Crippen molar-refractivity contribution in [2.24, 2.45) is 4.99 Å². The number of nitrogens with zero attached hydrogens (tertiary/aromatic N) is 4. The average Bonchev–Trinajstić information content (AvgIpc) is 3.37. The molecule has 2 aliphatic rings. The van der Waals surface area contributed by atoms with Crippen molar-refractivity contribution in [3.05, 3.63) is 41.3 Å². The van der Waals surface area contributed by atoms with Gasteiger partial charge in [-0.15, -0.1) is 0 Å². The molecule has 0 bridgehead atoms. The summed E-state index contributed by atoms with van der Waals surface area (Å²) in [7, 11) is 3.54. The molecule has 2 aromatic rings. The Morgan fingerprint density at radius 2 is 2.14 bits per heavy atom. The van der Waals surface area contributed by atoms with Crippen LogP contribution in [0.2, 0.25) is 0 Å². The minimum Gasteiger partial charge on any atom is -0.496 e. The fraction of sp³-hybridized carbons (Fsp3) is 0.524. The van der Waals surface area contributed by atoms with Gasteiger partial charge in [0.2, 0.25) is 0 Å². The van der Waals surface area contributed by atoms with Crippen LogP contribution in [0.25, 0.3) is 0 Å². The van der Waals surface area contributed by atoms with Gasteiger partial charge in [0, 0.05) is 69.9 Å². The highest BCUT2D eigenvalue weighted by atomic mass is 16.5. The van der Waals surface area contributed by atoms with Crippen LogP contribution in [0.1, 0.15) is 23.7 Å². The standard InChI is InChI=1S/C21H29N5O3/c1-15-10-16-11-19(27-3)17(12-20(16)29-15)13-23-21(22-2)26-7-5-25(6-8-26)14-18-4-9-28-24-18/h4,9,11-12,15H,5-8,10,13-14H2,1-3H3,(H,22,23). The number of ether oxygens (including phenoxy) is 2. The van der Waals surface area contributed by atoms with Gasteiger partial charge in [0.15, 0.2) is 5.96 Å². The first-order chi connectivity index (χ1) is 14.2. The van der Waals surface area contributed by atoms with Crippen molar-refractivity contribution >= 4 is 5.96 Å². The van der Waals surface area contributed by atoms with E-state index >= 15 is 0 Å². The van der Waals surface area contributed by atoms with E-state index in [1.807, 2.05) is 13.1 Å². The minimum absolute atomic E-state index is 0.222. The lowest BCUT2D eigenvalue weighted by molar-refractivity contribution is 0.169. The number of benzene rings is 1. The third-order valence-corrected chi connectivity index (χ3v) is 5.50. The third-order valence-electron chi connectivity index (χ3n) is 5.50. The highest BCUT2D eigenvalue weighted by Gasteiger charge is 2.23. The summed E-state index contributed by atoms with van der Waals surface area (Å²) in [5.41, 5.74) is 3.26. The predicted octanol–water partition coefficient (Wildman–Crippen LogP) is 1.90. The summed E-state index contributed by atoms with van der Waals surface area (Å²) >= 11 is 0. The molecule has 0 saturated carbocycles. The second-order valence-electron chi connectivity index (χ2n) is 7.56. The maximum absolute atomic E-state index is 5.91. The third kappa shape index (κ3) is 4.48. The Hall–Kier alpha value is -2.74. The zero-order valence-electron chi connectivity index (χ0n) is 17.4. The van der Waals surface area contributed by atoms with Gasteiger partial charge in [0.05, 0.1) is 12.8 Å². The molecule has 0 spiro atoms. The van der Waals surface area contributed by atoms with Gasteiger partial charge in [-0.25, -0.2) is 0 Å². The molecule has 3 heterocycles. The first-order valence-electron chi connectivity index (χ1n) is 10.1. The van der Waals surface area contributed by atoms with Crippen molar-refractivity contribution in [2.45, 2.75) is 32.5 Å². The summed E-state index contributed by atoms with van der Waals surface area (Å²) in [5.74, 6) is 2.76. The molecule has 1 aromatic carbocycles. The molecule has 4 rings (SSSR count). The highest BCUT2D eigenvalue weighted by Crippen LogP contribution is 2.34. The molecular weight excluding hydrogens is 370 g/mol. The van der Waals surface area contributed by atoms with Crippen molar-refractivity contribution in [3.63, 3.8) is 0 Å². The van der Waals surface area contributed by atoms with Crippen molar-refractivity contribution in [3.8, 4) is 11.5 Å². The summed E-state index contributed by atoms with van der Waals surface area (Å²) in [5, 5.41) is 7.49. The molecule has 156 valence electrons. The van der Waals surface area contributed by atoms with Crippen LogP contribution in [-0.4, -0.2) is 67.4 Å². The van der Waals surface area contributed by atoms with E-state index in [4.69, 9.17) is 14.0 Å².